The van der Waals surface area contributed by atoms with E-state index in [4.69, 9.17) is 0 Å². The molecule has 0 fully saturated rings. The number of rotatable bonds is 8. The minimum atomic E-state index is -3.92. The lowest BCUT2D eigenvalue weighted by Crippen LogP contribution is -2.47. The summed E-state index contributed by atoms with van der Waals surface area (Å²) in [5.74, 6) is -0.696. The maximum Gasteiger partial charge on any atom is 0.244 e. The van der Waals surface area contributed by atoms with Crippen LogP contribution in [0, 0.1) is 26.7 Å². The van der Waals surface area contributed by atoms with Gasteiger partial charge in [0.2, 0.25) is 21.1 Å². The number of sulfonamides is 1. The van der Waals surface area contributed by atoms with Crippen LogP contribution in [0.25, 0.3) is 10.6 Å². The van der Waals surface area contributed by atoms with E-state index in [1.807, 2.05) is 57.2 Å². The monoisotopic (exact) mass is 550 g/mol. The number of benzene rings is 2. The molecular formula is C23H27BrN4O3S2. The van der Waals surface area contributed by atoms with Crippen LogP contribution in [-0.4, -0.2) is 30.6 Å². The Bertz CT molecular complexity index is 1230. The molecule has 0 aliphatic heterocycles. The molecule has 0 saturated heterocycles. The summed E-state index contributed by atoms with van der Waals surface area (Å²) in [6, 6.07) is 10.3. The minimum absolute atomic E-state index is 0.211. The van der Waals surface area contributed by atoms with Gasteiger partial charge in [-0.25, -0.2) is 8.42 Å². The second-order valence-electron chi connectivity index (χ2n) is 8.12. The lowest BCUT2D eigenvalue weighted by molar-refractivity contribution is -0.118. The van der Waals surface area contributed by atoms with Crippen LogP contribution < -0.4 is 10.0 Å². The molecule has 1 heterocycles. The quantitative estimate of drug-likeness (QED) is 0.400. The van der Waals surface area contributed by atoms with Gasteiger partial charge >= 0.3 is 0 Å². The molecule has 176 valence electrons. The van der Waals surface area contributed by atoms with Gasteiger partial charge in [0.05, 0.1) is 4.90 Å². The van der Waals surface area contributed by atoms with E-state index in [2.05, 4.69) is 36.2 Å². The Balaban J connectivity index is 1.83. The van der Waals surface area contributed by atoms with E-state index in [9.17, 15) is 13.2 Å². The Hall–Kier alpha value is -2.14. The molecule has 0 aliphatic rings. The van der Waals surface area contributed by atoms with Crippen molar-refractivity contribution in [1.82, 2.24) is 14.9 Å². The Labute approximate surface area is 207 Å². The molecule has 0 spiro atoms. The van der Waals surface area contributed by atoms with Crippen LogP contribution in [0.4, 0.5) is 5.13 Å². The van der Waals surface area contributed by atoms with Crippen molar-refractivity contribution in [3.63, 3.8) is 0 Å². The zero-order valence-corrected chi connectivity index (χ0v) is 22.4. The lowest BCUT2D eigenvalue weighted by Gasteiger charge is -2.24. The molecule has 0 bridgehead atoms. The van der Waals surface area contributed by atoms with Crippen molar-refractivity contribution in [2.75, 3.05) is 5.32 Å². The molecule has 10 heteroatoms. The van der Waals surface area contributed by atoms with Gasteiger partial charge < -0.3 is 0 Å². The Morgan fingerprint density at radius 3 is 2.27 bits per heavy atom. The predicted octanol–water partition coefficient (Wildman–Crippen LogP) is 5.22. The van der Waals surface area contributed by atoms with Crippen molar-refractivity contribution in [1.29, 1.82) is 0 Å². The summed E-state index contributed by atoms with van der Waals surface area (Å²) in [5, 5.41) is 11.9. The first-order valence-corrected chi connectivity index (χ1v) is 13.6. The molecule has 2 atom stereocenters. The molecule has 0 saturated carbocycles. The zero-order chi connectivity index (χ0) is 24.3. The van der Waals surface area contributed by atoms with Crippen molar-refractivity contribution < 1.29 is 13.2 Å². The third kappa shape index (κ3) is 6.06. The average molecular weight is 552 g/mol. The lowest BCUT2D eigenvalue weighted by atomic mass is 9.99. The van der Waals surface area contributed by atoms with Crippen molar-refractivity contribution in [2.45, 2.75) is 52.0 Å². The molecule has 0 aliphatic carbocycles. The summed E-state index contributed by atoms with van der Waals surface area (Å²) in [6.07, 6.45) is 0.618. The van der Waals surface area contributed by atoms with Gasteiger partial charge in [-0.3, -0.25) is 10.1 Å². The summed E-state index contributed by atoms with van der Waals surface area (Å²) < 4.78 is 30.1. The number of nitrogens with one attached hydrogen (secondary N) is 2. The van der Waals surface area contributed by atoms with E-state index in [0.717, 1.165) is 15.6 Å². The first-order valence-electron chi connectivity index (χ1n) is 10.5. The van der Waals surface area contributed by atoms with Gasteiger partial charge in [-0.15, -0.1) is 10.2 Å². The first-order chi connectivity index (χ1) is 15.5. The number of carbonyl (C=O) groups is 1. The third-order valence-electron chi connectivity index (χ3n) is 5.40. The van der Waals surface area contributed by atoms with Gasteiger partial charge in [0.25, 0.3) is 0 Å². The van der Waals surface area contributed by atoms with Crippen molar-refractivity contribution >= 4 is 48.3 Å². The van der Waals surface area contributed by atoms with Gasteiger partial charge in [0, 0.05) is 10.0 Å². The van der Waals surface area contributed by atoms with Crippen LogP contribution in [-0.2, 0) is 14.8 Å². The van der Waals surface area contributed by atoms with Gasteiger partial charge in [-0.2, -0.15) is 4.72 Å². The second kappa shape index (κ2) is 10.4. The molecule has 0 radical (unpaired) electrons. The fourth-order valence-corrected chi connectivity index (χ4v) is 6.42. The number of hydrogen-bond donors (Lipinski definition) is 2. The van der Waals surface area contributed by atoms with Crippen molar-refractivity contribution in [2.24, 2.45) is 5.92 Å². The molecule has 3 aromatic rings. The van der Waals surface area contributed by atoms with Crippen LogP contribution in [0.5, 0.6) is 0 Å². The van der Waals surface area contributed by atoms with E-state index in [1.54, 1.807) is 13.8 Å². The minimum Gasteiger partial charge on any atom is -0.299 e. The molecule has 0 unspecified atom stereocenters. The summed E-state index contributed by atoms with van der Waals surface area (Å²) in [5.41, 5.74) is 3.15. The molecule has 3 rings (SSSR count). The molecule has 33 heavy (non-hydrogen) atoms. The summed E-state index contributed by atoms with van der Waals surface area (Å²) >= 11 is 4.63. The van der Waals surface area contributed by atoms with Crippen LogP contribution in [0.1, 0.15) is 37.0 Å². The number of aryl methyl sites for hydroxylation is 3. The molecule has 2 N–H and O–H groups in total. The molecule has 1 aromatic heterocycles. The highest BCUT2D eigenvalue weighted by Gasteiger charge is 2.32. The smallest absolute Gasteiger partial charge is 0.244 e. The van der Waals surface area contributed by atoms with Crippen molar-refractivity contribution in [3.8, 4) is 10.6 Å². The second-order valence-corrected chi connectivity index (χ2v) is 11.7. The molecule has 7 nitrogen and oxygen atoms in total. The molecule has 1 amide bonds. The normalized spacial score (nSPS) is 13.5. The van der Waals surface area contributed by atoms with E-state index in [1.165, 1.54) is 11.3 Å². The average Bonchev–Trinajstić information content (AvgIpc) is 3.19. The highest BCUT2D eigenvalue weighted by Crippen LogP contribution is 2.28. The number of amides is 1. The van der Waals surface area contributed by atoms with Crippen molar-refractivity contribution in [3.05, 3.63) is 57.6 Å². The number of aromatic nitrogens is 2. The van der Waals surface area contributed by atoms with E-state index >= 15 is 0 Å². The van der Waals surface area contributed by atoms with Crippen LogP contribution >= 0.6 is 27.3 Å². The maximum absolute atomic E-state index is 13.3. The highest BCUT2D eigenvalue weighted by molar-refractivity contribution is 9.10. The zero-order valence-electron chi connectivity index (χ0n) is 19.1. The highest BCUT2D eigenvalue weighted by atomic mass is 79.9. The summed E-state index contributed by atoms with van der Waals surface area (Å²) in [7, 11) is -3.92. The first kappa shape index (κ1) is 25.5. The predicted molar refractivity (Wildman–Crippen MR) is 136 cm³/mol. The largest absolute Gasteiger partial charge is 0.299 e. The van der Waals surface area contributed by atoms with Crippen LogP contribution in [0.15, 0.2) is 45.8 Å². The van der Waals surface area contributed by atoms with Gasteiger partial charge in [-0.05, 0) is 49.9 Å². The van der Waals surface area contributed by atoms with Gasteiger partial charge in [0.15, 0.2) is 0 Å². The summed E-state index contributed by atoms with van der Waals surface area (Å²) in [6.45, 7) is 9.20. The fourth-order valence-electron chi connectivity index (χ4n) is 3.65. The fraction of sp³-hybridized carbons (Fsp3) is 0.348. The number of hydrogen-bond acceptors (Lipinski definition) is 6. The Kier molecular flexibility index (Phi) is 8.04. The molecular weight excluding hydrogens is 524 g/mol. The maximum atomic E-state index is 13.3. The summed E-state index contributed by atoms with van der Waals surface area (Å²) in [4.78, 5) is 13.3. The van der Waals surface area contributed by atoms with Crippen LogP contribution in [0.3, 0.4) is 0 Å². The molecule has 2 aromatic carbocycles. The van der Waals surface area contributed by atoms with Gasteiger partial charge in [0.1, 0.15) is 11.0 Å². The standard InChI is InChI=1S/C23H27BrN4O3S2/c1-6-14(3)19(28-33(30,31)20-15(4)11-13(2)12-16(20)5)21(29)25-23-27-26-22(32-23)17-7-9-18(24)10-8-17/h7-12,14,19,28H,6H2,1-5H3,(H,25,27,29)/t14-,19+/m0/s1. The number of carbonyl (C=O) groups excluding carboxylic acids is 1. The van der Waals surface area contributed by atoms with E-state index in [0.29, 0.717) is 27.7 Å². The Morgan fingerprint density at radius 2 is 1.70 bits per heavy atom. The van der Waals surface area contributed by atoms with Crippen LogP contribution in [0.2, 0.25) is 0 Å². The van der Waals surface area contributed by atoms with E-state index in [-0.39, 0.29) is 10.8 Å². The Morgan fingerprint density at radius 1 is 1.09 bits per heavy atom. The topological polar surface area (TPSA) is 101 Å². The van der Waals surface area contributed by atoms with E-state index < -0.39 is 22.0 Å². The number of anilines is 1. The number of nitrogens with zero attached hydrogens (tertiary/aromatic N) is 2. The third-order valence-corrected chi connectivity index (χ3v) is 8.56. The van der Waals surface area contributed by atoms with Gasteiger partial charge in [-0.1, -0.05) is 77.4 Å². The SMILES string of the molecule is CC[C@H](C)[C@@H](NS(=O)(=O)c1c(C)cc(C)cc1C)C(=O)Nc1nnc(-c2ccc(Br)cc2)s1. The number of halogens is 1.